The molecule has 7 heteroatoms. The number of benzene rings is 1. The van der Waals surface area contributed by atoms with Gasteiger partial charge in [-0.15, -0.1) is 0 Å². The molecular weight excluding hydrogens is 362 g/mol. The van der Waals surface area contributed by atoms with Crippen LogP contribution in [0.15, 0.2) is 36.5 Å². The summed E-state index contributed by atoms with van der Waals surface area (Å²) in [7, 11) is 0. The number of aromatic nitrogens is 2. The van der Waals surface area contributed by atoms with Crippen LogP contribution in [0, 0.1) is 6.92 Å². The molecule has 142 valence electrons. The lowest BCUT2D eigenvalue weighted by molar-refractivity contribution is -0.0168. The van der Waals surface area contributed by atoms with Crippen molar-refractivity contribution in [2.45, 2.75) is 33.3 Å². The first-order valence-electron chi connectivity index (χ1n) is 8.71. The average Bonchev–Trinajstić information content (AvgIpc) is 2.99. The number of pyridine rings is 1. The van der Waals surface area contributed by atoms with Gasteiger partial charge in [0.25, 0.3) is 5.91 Å². The summed E-state index contributed by atoms with van der Waals surface area (Å²) in [6.45, 7) is 8.88. The van der Waals surface area contributed by atoms with Crippen molar-refractivity contribution < 1.29 is 14.3 Å². The van der Waals surface area contributed by atoms with E-state index < -0.39 is 0 Å². The third-order valence-electron chi connectivity index (χ3n) is 3.63. The Morgan fingerprint density at radius 3 is 2.70 bits per heavy atom. The van der Waals surface area contributed by atoms with Crippen molar-refractivity contribution in [3.05, 3.63) is 47.7 Å². The highest BCUT2D eigenvalue weighted by atomic mass is 32.1. The van der Waals surface area contributed by atoms with E-state index in [1.165, 1.54) is 17.5 Å². The maximum absolute atomic E-state index is 12.4. The van der Waals surface area contributed by atoms with Gasteiger partial charge in [0.15, 0.2) is 5.13 Å². The van der Waals surface area contributed by atoms with E-state index in [0.29, 0.717) is 29.8 Å². The van der Waals surface area contributed by atoms with Crippen molar-refractivity contribution in [3.63, 3.8) is 0 Å². The van der Waals surface area contributed by atoms with E-state index in [-0.39, 0.29) is 11.5 Å². The monoisotopic (exact) mass is 385 g/mol. The van der Waals surface area contributed by atoms with Gasteiger partial charge in [-0.3, -0.25) is 10.1 Å². The Labute approximate surface area is 162 Å². The van der Waals surface area contributed by atoms with E-state index in [2.05, 4.69) is 21.4 Å². The third-order valence-corrected chi connectivity index (χ3v) is 4.56. The highest BCUT2D eigenvalue weighted by molar-refractivity contribution is 7.22. The summed E-state index contributed by atoms with van der Waals surface area (Å²) in [5, 5.41) is 3.39. The fourth-order valence-electron chi connectivity index (χ4n) is 2.35. The Balaban J connectivity index is 1.56. The lowest BCUT2D eigenvalue weighted by Crippen LogP contribution is -2.22. The molecule has 0 unspecified atom stereocenters. The third kappa shape index (κ3) is 5.48. The van der Waals surface area contributed by atoms with Gasteiger partial charge < -0.3 is 9.47 Å². The number of anilines is 1. The fourth-order valence-corrected chi connectivity index (χ4v) is 3.31. The van der Waals surface area contributed by atoms with Crippen molar-refractivity contribution in [2.24, 2.45) is 0 Å². The zero-order chi connectivity index (χ0) is 19.4. The zero-order valence-corrected chi connectivity index (χ0v) is 16.7. The van der Waals surface area contributed by atoms with E-state index in [1.807, 2.05) is 39.8 Å². The van der Waals surface area contributed by atoms with Crippen LogP contribution in [0.5, 0.6) is 5.88 Å². The van der Waals surface area contributed by atoms with E-state index in [9.17, 15) is 4.79 Å². The Morgan fingerprint density at radius 1 is 1.19 bits per heavy atom. The predicted molar refractivity (Wildman–Crippen MR) is 108 cm³/mol. The number of rotatable bonds is 6. The number of amides is 1. The summed E-state index contributed by atoms with van der Waals surface area (Å²) < 4.78 is 12.2. The Bertz CT molecular complexity index is 930. The zero-order valence-electron chi connectivity index (χ0n) is 15.9. The minimum absolute atomic E-state index is 0.196. The van der Waals surface area contributed by atoms with Gasteiger partial charge in [0.2, 0.25) is 5.88 Å². The SMILES string of the molecule is Cc1ccc2nc(NC(=O)c3ccc(OCCOC(C)(C)C)nc3)sc2c1. The first-order valence-corrected chi connectivity index (χ1v) is 9.53. The minimum atomic E-state index is -0.249. The van der Waals surface area contributed by atoms with Crippen LogP contribution in [0.1, 0.15) is 36.7 Å². The van der Waals surface area contributed by atoms with Crippen molar-refractivity contribution in [3.8, 4) is 5.88 Å². The van der Waals surface area contributed by atoms with Crippen LogP contribution in [-0.2, 0) is 4.74 Å². The van der Waals surface area contributed by atoms with E-state index in [1.54, 1.807) is 12.1 Å². The van der Waals surface area contributed by atoms with Crippen molar-refractivity contribution >= 4 is 32.6 Å². The van der Waals surface area contributed by atoms with Gasteiger partial charge in [0, 0.05) is 12.3 Å². The number of nitrogens with one attached hydrogen (secondary N) is 1. The number of carbonyl (C=O) groups excluding carboxylic acids is 1. The molecule has 0 aliphatic carbocycles. The molecule has 0 bridgehead atoms. The maximum Gasteiger partial charge on any atom is 0.259 e. The number of ether oxygens (including phenoxy) is 2. The van der Waals surface area contributed by atoms with E-state index in [4.69, 9.17) is 9.47 Å². The van der Waals surface area contributed by atoms with Gasteiger partial charge in [-0.25, -0.2) is 9.97 Å². The molecule has 6 nitrogen and oxygen atoms in total. The van der Waals surface area contributed by atoms with Gasteiger partial charge in [0.05, 0.1) is 28.0 Å². The number of carbonyl (C=O) groups is 1. The van der Waals surface area contributed by atoms with Gasteiger partial charge >= 0.3 is 0 Å². The molecule has 1 amide bonds. The summed E-state index contributed by atoms with van der Waals surface area (Å²) in [5.74, 6) is 0.209. The highest BCUT2D eigenvalue weighted by Crippen LogP contribution is 2.27. The second-order valence-corrected chi connectivity index (χ2v) is 8.17. The highest BCUT2D eigenvalue weighted by Gasteiger charge is 2.12. The molecule has 0 aliphatic rings. The molecule has 2 aromatic heterocycles. The molecular formula is C20H23N3O3S. The van der Waals surface area contributed by atoms with Crippen molar-refractivity contribution in [1.29, 1.82) is 0 Å². The Morgan fingerprint density at radius 2 is 2.00 bits per heavy atom. The molecule has 0 saturated carbocycles. The first-order chi connectivity index (χ1) is 12.8. The number of aryl methyl sites for hydroxylation is 1. The number of thiazole rings is 1. The number of fused-ring (bicyclic) bond motifs is 1. The molecule has 1 aromatic carbocycles. The minimum Gasteiger partial charge on any atom is -0.475 e. The summed E-state index contributed by atoms with van der Waals surface area (Å²) >= 11 is 1.45. The molecule has 0 radical (unpaired) electrons. The number of hydrogen-bond acceptors (Lipinski definition) is 6. The smallest absolute Gasteiger partial charge is 0.259 e. The summed E-state index contributed by atoms with van der Waals surface area (Å²) in [6.07, 6.45) is 1.49. The van der Waals surface area contributed by atoms with Gasteiger partial charge in [0.1, 0.15) is 6.61 Å². The van der Waals surface area contributed by atoms with Crippen molar-refractivity contribution in [1.82, 2.24) is 9.97 Å². The van der Waals surface area contributed by atoms with Crippen LogP contribution in [0.3, 0.4) is 0 Å². The van der Waals surface area contributed by atoms with Crippen LogP contribution in [0.2, 0.25) is 0 Å². The summed E-state index contributed by atoms with van der Waals surface area (Å²) in [6, 6.07) is 9.36. The second kappa shape index (κ2) is 8.02. The van der Waals surface area contributed by atoms with Crippen LogP contribution >= 0.6 is 11.3 Å². The lowest BCUT2D eigenvalue weighted by Gasteiger charge is -2.19. The second-order valence-electron chi connectivity index (χ2n) is 7.14. The van der Waals surface area contributed by atoms with E-state index in [0.717, 1.165) is 15.8 Å². The topological polar surface area (TPSA) is 73.3 Å². The fraction of sp³-hybridized carbons (Fsp3) is 0.350. The molecule has 3 aromatic rings. The Hall–Kier alpha value is -2.51. The molecule has 0 fully saturated rings. The molecule has 2 heterocycles. The molecule has 0 saturated heterocycles. The van der Waals surface area contributed by atoms with Gasteiger partial charge in [-0.2, -0.15) is 0 Å². The molecule has 0 atom stereocenters. The number of hydrogen-bond donors (Lipinski definition) is 1. The normalized spacial score (nSPS) is 11.6. The van der Waals surface area contributed by atoms with Crippen LogP contribution in [-0.4, -0.2) is 34.7 Å². The number of nitrogens with zero attached hydrogens (tertiary/aromatic N) is 2. The maximum atomic E-state index is 12.4. The quantitative estimate of drug-likeness (QED) is 0.635. The predicted octanol–water partition coefficient (Wildman–Crippen LogP) is 4.45. The average molecular weight is 385 g/mol. The van der Waals surface area contributed by atoms with Crippen LogP contribution in [0.4, 0.5) is 5.13 Å². The molecule has 3 rings (SSSR count). The lowest BCUT2D eigenvalue weighted by atomic mass is 10.2. The summed E-state index contributed by atoms with van der Waals surface area (Å²) in [5.41, 5.74) is 2.29. The van der Waals surface area contributed by atoms with Crippen LogP contribution in [0.25, 0.3) is 10.2 Å². The molecule has 1 N–H and O–H groups in total. The Kier molecular flexibility index (Phi) is 5.72. The van der Waals surface area contributed by atoms with Gasteiger partial charge in [-0.05, 0) is 51.5 Å². The largest absolute Gasteiger partial charge is 0.475 e. The first kappa shape index (κ1) is 19.3. The molecule has 0 spiro atoms. The molecule has 0 aliphatic heterocycles. The standard InChI is InChI=1S/C20H23N3O3S/c1-13-5-7-15-16(11-13)27-19(22-15)23-18(24)14-6-8-17(21-12-14)25-9-10-26-20(2,3)4/h5-8,11-12H,9-10H2,1-4H3,(H,22,23,24). The molecule has 27 heavy (non-hydrogen) atoms. The van der Waals surface area contributed by atoms with Crippen molar-refractivity contribution in [2.75, 3.05) is 18.5 Å². The van der Waals surface area contributed by atoms with Crippen LogP contribution < -0.4 is 10.1 Å². The summed E-state index contributed by atoms with van der Waals surface area (Å²) in [4.78, 5) is 21.0. The van der Waals surface area contributed by atoms with Gasteiger partial charge in [-0.1, -0.05) is 17.4 Å². The van der Waals surface area contributed by atoms with E-state index >= 15 is 0 Å².